The Morgan fingerprint density at radius 2 is 1.81 bits per heavy atom. The fraction of sp³-hybridized carbons (Fsp3) is 0.786. The second-order valence-electron chi connectivity index (χ2n) is 4.34. The first-order valence-corrected chi connectivity index (χ1v) is 6.60. The van der Waals surface area contributed by atoms with Gasteiger partial charge in [-0.05, 0) is 32.1 Å². The van der Waals surface area contributed by atoms with Crippen molar-refractivity contribution in [2.75, 3.05) is 0 Å². The van der Waals surface area contributed by atoms with E-state index in [0.29, 0.717) is 0 Å². The van der Waals surface area contributed by atoms with Crippen molar-refractivity contribution in [1.82, 2.24) is 0 Å². The summed E-state index contributed by atoms with van der Waals surface area (Å²) in [6.45, 7) is 4.23. The molecule has 0 amide bonds. The Morgan fingerprint density at radius 1 is 1.12 bits per heavy atom. The molecule has 0 radical (unpaired) electrons. The van der Waals surface area contributed by atoms with Crippen LogP contribution >= 0.6 is 0 Å². The molecular weight excluding hydrogens is 200 g/mol. The number of carboxylic acids is 1. The normalized spacial score (nSPS) is 13.1. The Hall–Kier alpha value is -0.790. The molecule has 1 atom stereocenters. The molecule has 0 fully saturated rings. The highest BCUT2D eigenvalue weighted by atomic mass is 16.4. The first-order valence-electron chi connectivity index (χ1n) is 6.60. The average molecular weight is 226 g/mol. The van der Waals surface area contributed by atoms with E-state index in [1.165, 1.54) is 0 Å². The molecule has 2 heteroatoms. The van der Waals surface area contributed by atoms with Gasteiger partial charge in [-0.2, -0.15) is 0 Å². The van der Waals surface area contributed by atoms with Crippen molar-refractivity contribution in [2.45, 2.75) is 65.2 Å². The van der Waals surface area contributed by atoms with Crippen LogP contribution in [0.25, 0.3) is 0 Å². The number of rotatable bonds is 10. The van der Waals surface area contributed by atoms with Crippen LogP contribution in [0.5, 0.6) is 0 Å². The monoisotopic (exact) mass is 226 g/mol. The molecular formula is C14H26O2. The van der Waals surface area contributed by atoms with Gasteiger partial charge in [0, 0.05) is 0 Å². The first kappa shape index (κ1) is 15.2. The van der Waals surface area contributed by atoms with Gasteiger partial charge in [-0.25, -0.2) is 0 Å². The lowest BCUT2D eigenvalue weighted by Crippen LogP contribution is -2.13. The Labute approximate surface area is 99.7 Å². The highest BCUT2D eigenvalue weighted by molar-refractivity contribution is 5.69. The van der Waals surface area contributed by atoms with E-state index in [9.17, 15) is 4.79 Å². The minimum atomic E-state index is -0.613. The largest absolute Gasteiger partial charge is 0.481 e. The zero-order valence-corrected chi connectivity index (χ0v) is 10.7. The molecule has 0 aromatic rings. The van der Waals surface area contributed by atoms with Crippen molar-refractivity contribution in [3.05, 3.63) is 12.2 Å². The van der Waals surface area contributed by atoms with Gasteiger partial charge in [-0.3, -0.25) is 4.79 Å². The van der Waals surface area contributed by atoms with E-state index in [1.807, 2.05) is 0 Å². The predicted molar refractivity (Wildman–Crippen MR) is 68.5 cm³/mol. The highest BCUT2D eigenvalue weighted by Gasteiger charge is 2.15. The first-order chi connectivity index (χ1) is 7.72. The quantitative estimate of drug-likeness (QED) is 0.442. The van der Waals surface area contributed by atoms with Gasteiger partial charge in [0.05, 0.1) is 5.92 Å². The maximum Gasteiger partial charge on any atom is 0.306 e. The van der Waals surface area contributed by atoms with E-state index in [1.54, 1.807) is 0 Å². The van der Waals surface area contributed by atoms with Crippen LogP contribution in [0.4, 0.5) is 0 Å². The third kappa shape index (κ3) is 8.51. The van der Waals surface area contributed by atoms with Crippen molar-refractivity contribution < 1.29 is 9.90 Å². The summed E-state index contributed by atoms with van der Waals surface area (Å²) in [6, 6.07) is 0. The summed E-state index contributed by atoms with van der Waals surface area (Å²) in [5.74, 6) is -0.729. The van der Waals surface area contributed by atoms with Crippen molar-refractivity contribution in [1.29, 1.82) is 0 Å². The van der Waals surface area contributed by atoms with Gasteiger partial charge >= 0.3 is 5.97 Å². The lowest BCUT2D eigenvalue weighted by Gasteiger charge is -2.10. The maximum atomic E-state index is 11.0. The smallest absolute Gasteiger partial charge is 0.306 e. The second-order valence-corrected chi connectivity index (χ2v) is 4.34. The molecule has 16 heavy (non-hydrogen) atoms. The fourth-order valence-electron chi connectivity index (χ4n) is 1.78. The maximum absolute atomic E-state index is 11.0. The molecule has 0 bridgehead atoms. The zero-order valence-electron chi connectivity index (χ0n) is 10.7. The lowest BCUT2D eigenvalue weighted by atomic mass is 9.95. The molecule has 0 spiro atoms. The number of carbonyl (C=O) groups is 1. The SMILES string of the molecule is CCC=CCCCCC(CCCC)C(=O)O. The van der Waals surface area contributed by atoms with Crippen molar-refractivity contribution in [3.63, 3.8) is 0 Å². The average Bonchev–Trinajstić information content (AvgIpc) is 2.26. The topological polar surface area (TPSA) is 37.3 Å². The summed E-state index contributed by atoms with van der Waals surface area (Å²) in [5.41, 5.74) is 0. The van der Waals surface area contributed by atoms with Crippen LogP contribution in [-0.4, -0.2) is 11.1 Å². The highest BCUT2D eigenvalue weighted by Crippen LogP contribution is 2.17. The summed E-state index contributed by atoms with van der Waals surface area (Å²) in [4.78, 5) is 11.0. The van der Waals surface area contributed by atoms with Crippen molar-refractivity contribution in [2.24, 2.45) is 5.92 Å². The third-order valence-corrected chi connectivity index (χ3v) is 2.83. The molecule has 2 nitrogen and oxygen atoms in total. The van der Waals surface area contributed by atoms with E-state index < -0.39 is 5.97 Å². The van der Waals surface area contributed by atoms with Crippen LogP contribution in [0.15, 0.2) is 12.2 Å². The summed E-state index contributed by atoms with van der Waals surface area (Å²) in [6.07, 6.45) is 12.5. The van der Waals surface area contributed by atoms with Crippen molar-refractivity contribution >= 4 is 5.97 Å². The Balaban J connectivity index is 3.59. The Kier molecular flexibility index (Phi) is 10.2. The van der Waals surface area contributed by atoms with E-state index in [2.05, 4.69) is 26.0 Å². The van der Waals surface area contributed by atoms with Crippen LogP contribution < -0.4 is 0 Å². The lowest BCUT2D eigenvalue weighted by molar-refractivity contribution is -0.142. The van der Waals surface area contributed by atoms with Gasteiger partial charge < -0.3 is 5.11 Å². The number of hydrogen-bond acceptors (Lipinski definition) is 1. The second kappa shape index (κ2) is 10.7. The number of carboxylic acid groups (broad SMARTS) is 1. The van der Waals surface area contributed by atoms with Gasteiger partial charge in [0.15, 0.2) is 0 Å². The molecule has 0 aliphatic rings. The molecule has 0 aliphatic heterocycles. The molecule has 94 valence electrons. The number of unbranched alkanes of at least 4 members (excludes halogenated alkanes) is 3. The van der Waals surface area contributed by atoms with Crippen molar-refractivity contribution in [3.8, 4) is 0 Å². The number of aliphatic carboxylic acids is 1. The minimum Gasteiger partial charge on any atom is -0.481 e. The van der Waals surface area contributed by atoms with E-state index >= 15 is 0 Å². The predicted octanol–water partition coefficient (Wildman–Crippen LogP) is 4.40. The number of allylic oxidation sites excluding steroid dienone is 2. The van der Waals surface area contributed by atoms with Crippen LogP contribution in [0, 0.1) is 5.92 Å². The molecule has 0 aromatic heterocycles. The molecule has 1 unspecified atom stereocenters. The van der Waals surface area contributed by atoms with Gasteiger partial charge in [0.25, 0.3) is 0 Å². The molecule has 1 N–H and O–H groups in total. The summed E-state index contributed by atoms with van der Waals surface area (Å²) >= 11 is 0. The van der Waals surface area contributed by atoms with E-state index in [4.69, 9.17) is 5.11 Å². The minimum absolute atomic E-state index is 0.116. The van der Waals surface area contributed by atoms with E-state index in [0.717, 1.165) is 51.4 Å². The summed E-state index contributed by atoms with van der Waals surface area (Å²) in [7, 11) is 0. The Bertz CT molecular complexity index is 197. The molecule has 0 rings (SSSR count). The van der Waals surface area contributed by atoms with E-state index in [-0.39, 0.29) is 5.92 Å². The zero-order chi connectivity index (χ0) is 12.2. The van der Waals surface area contributed by atoms with Gasteiger partial charge in [-0.1, -0.05) is 45.3 Å². The number of hydrogen-bond donors (Lipinski definition) is 1. The molecule has 0 aliphatic carbocycles. The summed E-state index contributed by atoms with van der Waals surface area (Å²) in [5, 5.41) is 9.03. The van der Waals surface area contributed by atoms with Crippen LogP contribution in [0.3, 0.4) is 0 Å². The molecule has 0 saturated carbocycles. The van der Waals surface area contributed by atoms with Crippen LogP contribution in [0.2, 0.25) is 0 Å². The molecule has 0 heterocycles. The molecule has 0 aromatic carbocycles. The fourth-order valence-corrected chi connectivity index (χ4v) is 1.78. The summed E-state index contributed by atoms with van der Waals surface area (Å²) < 4.78 is 0. The van der Waals surface area contributed by atoms with Gasteiger partial charge in [-0.15, -0.1) is 0 Å². The Morgan fingerprint density at radius 3 is 2.38 bits per heavy atom. The van der Waals surface area contributed by atoms with Gasteiger partial charge in [0.1, 0.15) is 0 Å². The molecule has 0 saturated heterocycles. The van der Waals surface area contributed by atoms with Gasteiger partial charge in [0.2, 0.25) is 0 Å². The third-order valence-electron chi connectivity index (χ3n) is 2.83. The van der Waals surface area contributed by atoms with Crippen LogP contribution in [0.1, 0.15) is 65.2 Å². The standard InChI is InChI=1S/C14H26O2/c1-3-5-7-8-9-10-12-13(14(15)16)11-6-4-2/h5,7,13H,3-4,6,8-12H2,1-2H3,(H,15,16). The van der Waals surface area contributed by atoms with Crippen LogP contribution in [-0.2, 0) is 4.79 Å².